The number of benzene rings is 2. The van der Waals surface area contributed by atoms with Crippen LogP contribution in [0, 0.1) is 0 Å². The van der Waals surface area contributed by atoms with E-state index in [1.54, 1.807) is 0 Å². The number of H-pyrrole nitrogens is 1. The Bertz CT molecular complexity index is 1050. The van der Waals surface area contributed by atoms with E-state index in [1.165, 1.54) is 0 Å². The molecule has 2 aromatic carbocycles. The van der Waals surface area contributed by atoms with Gasteiger partial charge < -0.3 is 10.1 Å². The highest BCUT2D eigenvalue weighted by molar-refractivity contribution is 6.24. The Kier molecular flexibility index (Phi) is 5.56. The van der Waals surface area contributed by atoms with Crippen molar-refractivity contribution in [3.8, 4) is 0 Å². The van der Waals surface area contributed by atoms with Crippen LogP contribution < -0.4 is 0 Å². The minimum absolute atomic E-state index is 0.0214. The highest BCUT2D eigenvalue weighted by atomic mass is 16.3. The van der Waals surface area contributed by atoms with Crippen LogP contribution in [0.1, 0.15) is 43.5 Å². The fraction of sp³-hybridized carbons (Fsp3) is 0.292. The van der Waals surface area contributed by atoms with Gasteiger partial charge in [0.15, 0.2) is 5.78 Å². The van der Waals surface area contributed by atoms with Crippen molar-refractivity contribution in [1.29, 1.82) is 0 Å². The van der Waals surface area contributed by atoms with Gasteiger partial charge in [-0.2, -0.15) is 0 Å². The van der Waals surface area contributed by atoms with Crippen molar-refractivity contribution in [1.82, 2.24) is 9.97 Å². The van der Waals surface area contributed by atoms with Gasteiger partial charge in [-0.3, -0.25) is 9.79 Å². The lowest BCUT2D eigenvalue weighted by atomic mass is 9.79. The summed E-state index contributed by atoms with van der Waals surface area (Å²) in [5.74, 6) is 1.10. The molecular formula is C24H25N3O2. The number of Topliss-reactive ketones (excluding diaryl/α,β-unsaturated/α-hetero) is 1. The summed E-state index contributed by atoms with van der Waals surface area (Å²) < 4.78 is 0. The first-order chi connectivity index (χ1) is 14.2. The normalized spacial score (nSPS) is 20.4. The van der Waals surface area contributed by atoms with E-state index in [-0.39, 0.29) is 17.5 Å². The van der Waals surface area contributed by atoms with E-state index in [0.29, 0.717) is 43.5 Å². The molecule has 0 bridgehead atoms. The van der Waals surface area contributed by atoms with E-state index in [2.05, 4.69) is 22.1 Å². The van der Waals surface area contributed by atoms with E-state index in [4.69, 9.17) is 4.99 Å². The Labute approximate surface area is 170 Å². The summed E-state index contributed by atoms with van der Waals surface area (Å²) in [6, 6.07) is 18.0. The quantitative estimate of drug-likeness (QED) is 0.482. The van der Waals surface area contributed by atoms with E-state index in [0.717, 1.165) is 22.4 Å². The Morgan fingerprint density at radius 2 is 1.90 bits per heavy atom. The summed E-state index contributed by atoms with van der Waals surface area (Å²) in [5.41, 5.74) is 4.23. The van der Waals surface area contributed by atoms with Crippen molar-refractivity contribution in [3.05, 3.63) is 77.3 Å². The predicted molar refractivity (Wildman–Crippen MR) is 115 cm³/mol. The molecule has 1 fully saturated rings. The number of aliphatic imine (C=N–C) groups is 1. The summed E-state index contributed by atoms with van der Waals surface area (Å²) in [6.07, 6.45) is 2.16. The molecule has 1 aromatic heterocycles. The number of aliphatic hydroxyl groups excluding tert-OH is 1. The van der Waals surface area contributed by atoms with Gasteiger partial charge in [-0.1, -0.05) is 49.4 Å². The largest absolute Gasteiger partial charge is 0.512 e. The monoisotopic (exact) mass is 387 g/mol. The van der Waals surface area contributed by atoms with Gasteiger partial charge in [-0.05, 0) is 30.0 Å². The van der Waals surface area contributed by atoms with Gasteiger partial charge in [0.1, 0.15) is 11.6 Å². The predicted octanol–water partition coefficient (Wildman–Crippen LogP) is 4.92. The number of allylic oxidation sites excluding steroid dienone is 2. The molecule has 0 unspecified atom stereocenters. The number of carbonyl (C=O) groups excluding carboxylic acids is 1. The summed E-state index contributed by atoms with van der Waals surface area (Å²) in [6.45, 7) is 2.37. The Balaban J connectivity index is 1.57. The summed E-state index contributed by atoms with van der Waals surface area (Å²) in [4.78, 5) is 25.5. The first-order valence-corrected chi connectivity index (χ1v) is 10.1. The highest BCUT2D eigenvalue weighted by Crippen LogP contribution is 2.33. The molecule has 1 aliphatic carbocycles. The molecule has 2 N–H and O–H groups in total. The molecule has 1 aliphatic rings. The molecule has 0 spiro atoms. The first-order valence-electron chi connectivity index (χ1n) is 10.1. The van der Waals surface area contributed by atoms with Gasteiger partial charge in [0.2, 0.25) is 0 Å². The molecule has 1 saturated carbocycles. The summed E-state index contributed by atoms with van der Waals surface area (Å²) >= 11 is 0. The number of imidazole rings is 1. The van der Waals surface area contributed by atoms with Crippen molar-refractivity contribution in [3.63, 3.8) is 0 Å². The number of hydrogen-bond acceptors (Lipinski definition) is 4. The SMILES string of the molecule is CCC(O)=C1C(=O)C[C@H](c2ccccc2)CC1=NCCc1nc2ccccc2[nH]1. The van der Waals surface area contributed by atoms with Gasteiger partial charge in [-0.15, -0.1) is 0 Å². The van der Waals surface area contributed by atoms with Gasteiger partial charge in [0.25, 0.3) is 0 Å². The number of hydrogen-bond donors (Lipinski definition) is 2. The second-order valence-electron chi connectivity index (χ2n) is 7.39. The Hall–Kier alpha value is -3.21. The third kappa shape index (κ3) is 4.14. The number of aliphatic hydroxyl groups is 1. The number of aromatic nitrogens is 2. The van der Waals surface area contributed by atoms with Gasteiger partial charge in [0.05, 0.1) is 16.6 Å². The van der Waals surface area contributed by atoms with Crippen LogP contribution in [0.5, 0.6) is 0 Å². The maximum Gasteiger partial charge on any atom is 0.168 e. The molecule has 0 amide bonds. The Morgan fingerprint density at radius 3 is 2.66 bits per heavy atom. The summed E-state index contributed by atoms with van der Waals surface area (Å²) in [5, 5.41) is 10.4. The number of fused-ring (bicyclic) bond motifs is 1. The van der Waals surface area contributed by atoms with Gasteiger partial charge in [0, 0.05) is 31.5 Å². The van der Waals surface area contributed by atoms with Crippen LogP contribution in [-0.2, 0) is 11.2 Å². The first kappa shape index (κ1) is 19.1. The molecule has 3 aromatic rings. The van der Waals surface area contributed by atoms with Crippen LogP contribution >= 0.6 is 0 Å². The van der Waals surface area contributed by atoms with E-state index >= 15 is 0 Å². The van der Waals surface area contributed by atoms with Crippen LogP contribution in [0.2, 0.25) is 0 Å². The second-order valence-corrected chi connectivity index (χ2v) is 7.39. The number of rotatable bonds is 5. The van der Waals surface area contributed by atoms with Gasteiger partial charge in [-0.25, -0.2) is 4.98 Å². The molecule has 0 saturated heterocycles. The molecule has 5 heteroatoms. The smallest absolute Gasteiger partial charge is 0.168 e. The number of carbonyl (C=O) groups is 1. The lowest BCUT2D eigenvalue weighted by molar-refractivity contribution is -0.115. The Morgan fingerprint density at radius 1 is 1.14 bits per heavy atom. The molecule has 148 valence electrons. The molecule has 4 rings (SSSR count). The lowest BCUT2D eigenvalue weighted by Gasteiger charge is -2.26. The fourth-order valence-electron chi connectivity index (χ4n) is 3.92. The van der Waals surface area contributed by atoms with Crippen LogP contribution in [0.15, 0.2) is 70.9 Å². The lowest BCUT2D eigenvalue weighted by Crippen LogP contribution is -2.27. The molecule has 1 heterocycles. The van der Waals surface area contributed by atoms with Crippen molar-refractivity contribution in [2.75, 3.05) is 6.54 Å². The molecule has 29 heavy (non-hydrogen) atoms. The zero-order valence-electron chi connectivity index (χ0n) is 16.6. The third-order valence-electron chi connectivity index (χ3n) is 5.42. The molecule has 1 atom stereocenters. The number of nitrogens with zero attached hydrogens (tertiary/aromatic N) is 2. The van der Waals surface area contributed by atoms with Crippen LogP contribution in [-0.4, -0.2) is 33.1 Å². The van der Waals surface area contributed by atoms with Gasteiger partial charge >= 0.3 is 0 Å². The average molecular weight is 387 g/mol. The van der Waals surface area contributed by atoms with E-state index < -0.39 is 0 Å². The number of ketones is 1. The average Bonchev–Trinajstić information content (AvgIpc) is 3.16. The van der Waals surface area contributed by atoms with Crippen LogP contribution in [0.25, 0.3) is 11.0 Å². The van der Waals surface area contributed by atoms with E-state index in [1.807, 2.05) is 49.4 Å². The van der Waals surface area contributed by atoms with Crippen LogP contribution in [0.3, 0.4) is 0 Å². The maximum absolute atomic E-state index is 12.8. The number of aromatic amines is 1. The number of nitrogens with one attached hydrogen (secondary N) is 1. The van der Waals surface area contributed by atoms with Crippen molar-refractivity contribution < 1.29 is 9.90 Å². The standard InChI is InChI=1S/C24H25N3O2/c1-2-21(28)24-20(14-17(15-22(24)29)16-8-4-3-5-9-16)25-13-12-23-26-18-10-6-7-11-19(18)27-23/h3-11,17,28H,2,12-15H2,1H3,(H,26,27)/t17-/m1/s1. The molecule has 0 radical (unpaired) electrons. The van der Waals surface area contributed by atoms with E-state index in [9.17, 15) is 9.90 Å². The minimum atomic E-state index is -0.0214. The highest BCUT2D eigenvalue weighted by Gasteiger charge is 2.31. The molecule has 5 nitrogen and oxygen atoms in total. The zero-order valence-corrected chi connectivity index (χ0v) is 16.6. The second kappa shape index (κ2) is 8.43. The third-order valence-corrected chi connectivity index (χ3v) is 5.42. The zero-order chi connectivity index (χ0) is 20.2. The fourth-order valence-corrected chi connectivity index (χ4v) is 3.92. The van der Waals surface area contributed by atoms with Crippen molar-refractivity contribution in [2.24, 2.45) is 4.99 Å². The molecular weight excluding hydrogens is 362 g/mol. The van der Waals surface area contributed by atoms with Crippen LogP contribution in [0.4, 0.5) is 0 Å². The number of para-hydroxylation sites is 2. The molecule has 0 aliphatic heterocycles. The topological polar surface area (TPSA) is 78.3 Å². The minimum Gasteiger partial charge on any atom is -0.512 e. The van der Waals surface area contributed by atoms with Crippen molar-refractivity contribution >= 4 is 22.5 Å². The summed E-state index contributed by atoms with van der Waals surface area (Å²) in [7, 11) is 0. The maximum atomic E-state index is 12.8. The van der Waals surface area contributed by atoms with Crippen molar-refractivity contribution in [2.45, 2.75) is 38.5 Å².